The Kier molecular flexibility index (Phi) is 2.05. The van der Waals surface area contributed by atoms with Gasteiger partial charge >= 0.3 is 0 Å². The zero-order valence-corrected chi connectivity index (χ0v) is 8.47. The average Bonchev–Trinajstić information content (AvgIpc) is 2.32. The van der Waals surface area contributed by atoms with E-state index in [0.717, 1.165) is 12.1 Å². The molecule has 16 heavy (non-hydrogen) atoms. The van der Waals surface area contributed by atoms with Crippen LogP contribution in [0.3, 0.4) is 0 Å². The highest BCUT2D eigenvalue weighted by atomic mass is 16.3. The minimum atomic E-state index is -0.857. The van der Waals surface area contributed by atoms with Gasteiger partial charge < -0.3 is 10.4 Å². The molecule has 0 spiro atoms. The summed E-state index contributed by atoms with van der Waals surface area (Å²) in [4.78, 5) is 15.9. The number of nitrogens with one attached hydrogen (secondary N) is 3. The van der Waals surface area contributed by atoms with Crippen molar-refractivity contribution in [1.82, 2.24) is 16.2 Å². The third kappa shape index (κ3) is 1.35. The molecule has 6 nitrogen and oxygen atoms in total. The molecule has 1 aliphatic carbocycles. The summed E-state index contributed by atoms with van der Waals surface area (Å²) < 4.78 is 0. The van der Waals surface area contributed by atoms with E-state index < -0.39 is 12.3 Å². The van der Waals surface area contributed by atoms with Gasteiger partial charge in [-0.05, 0) is 12.5 Å². The minimum Gasteiger partial charge on any atom is -0.375 e. The van der Waals surface area contributed by atoms with E-state index >= 15 is 0 Å². The van der Waals surface area contributed by atoms with Crippen molar-refractivity contribution in [3.8, 4) is 0 Å². The molecule has 0 bridgehead atoms. The fourth-order valence-corrected chi connectivity index (χ4v) is 2.10. The van der Waals surface area contributed by atoms with E-state index in [1.807, 2.05) is 18.2 Å². The maximum absolute atomic E-state index is 11.6. The zero-order chi connectivity index (χ0) is 11.1. The van der Waals surface area contributed by atoms with E-state index in [-0.39, 0.29) is 11.9 Å². The predicted octanol–water partition coefficient (Wildman–Crippen LogP) is -1.44. The van der Waals surface area contributed by atoms with Crippen LogP contribution in [0.1, 0.15) is 6.42 Å². The van der Waals surface area contributed by atoms with Crippen LogP contribution in [0, 0.1) is 0 Å². The van der Waals surface area contributed by atoms with Crippen LogP contribution >= 0.6 is 0 Å². The van der Waals surface area contributed by atoms with Gasteiger partial charge in [0.2, 0.25) is 0 Å². The number of carbonyl (C=O) groups is 1. The molecule has 2 heterocycles. The maximum Gasteiger partial charge on any atom is 0.281 e. The maximum atomic E-state index is 11.6. The molecule has 2 aliphatic heterocycles. The van der Waals surface area contributed by atoms with E-state index in [1.165, 1.54) is 0 Å². The van der Waals surface area contributed by atoms with E-state index in [0.29, 0.717) is 5.71 Å². The lowest BCUT2D eigenvalue weighted by atomic mass is 9.97. The summed E-state index contributed by atoms with van der Waals surface area (Å²) in [5, 5.41) is 12.8. The molecule has 0 aromatic rings. The van der Waals surface area contributed by atoms with E-state index in [4.69, 9.17) is 0 Å². The molecule has 6 heteroatoms. The molecule has 0 aromatic heterocycles. The van der Waals surface area contributed by atoms with Crippen LogP contribution in [-0.2, 0) is 4.79 Å². The number of carbonyl (C=O) groups excluding carboxylic acids is 1. The lowest BCUT2D eigenvalue weighted by Crippen LogP contribution is -2.68. The lowest BCUT2D eigenvalue weighted by Gasteiger charge is -2.37. The second-order valence-corrected chi connectivity index (χ2v) is 3.98. The summed E-state index contributed by atoms with van der Waals surface area (Å²) in [6, 6.07) is -0.491. The summed E-state index contributed by atoms with van der Waals surface area (Å²) in [5.74, 6) is -0.281. The zero-order valence-electron chi connectivity index (χ0n) is 8.47. The highest BCUT2D eigenvalue weighted by Gasteiger charge is 2.39. The molecule has 3 rings (SSSR count). The highest BCUT2D eigenvalue weighted by Crippen LogP contribution is 2.21. The van der Waals surface area contributed by atoms with Gasteiger partial charge in [-0.15, -0.1) is 0 Å². The Morgan fingerprint density at radius 3 is 3.25 bits per heavy atom. The largest absolute Gasteiger partial charge is 0.375 e. The standard InChI is InChI=1S/C10H12N4O2/c15-9-7-8(10(16)14-13-9)12-6-4-2-1-3-5(6)11-7/h1-3,6-7,9,11,13,15H,4H2,(H,14,16). The predicted molar refractivity (Wildman–Crippen MR) is 57.3 cm³/mol. The number of aliphatic imine (C=N–C) groups is 1. The fraction of sp³-hybridized carbons (Fsp3) is 0.400. The summed E-state index contributed by atoms with van der Waals surface area (Å²) in [5.41, 5.74) is 6.19. The van der Waals surface area contributed by atoms with Gasteiger partial charge in [0, 0.05) is 5.70 Å². The Hall–Kier alpha value is -1.66. The molecule has 3 unspecified atom stereocenters. The summed E-state index contributed by atoms with van der Waals surface area (Å²) in [7, 11) is 0. The smallest absolute Gasteiger partial charge is 0.281 e. The summed E-state index contributed by atoms with van der Waals surface area (Å²) >= 11 is 0. The highest BCUT2D eigenvalue weighted by molar-refractivity contribution is 6.41. The molecule has 0 saturated carbocycles. The molecule has 1 amide bonds. The molecule has 84 valence electrons. The number of aliphatic hydroxyl groups excluding tert-OH is 1. The van der Waals surface area contributed by atoms with Crippen molar-refractivity contribution < 1.29 is 9.90 Å². The number of hydrazine groups is 1. The van der Waals surface area contributed by atoms with Crippen LogP contribution in [0.2, 0.25) is 0 Å². The van der Waals surface area contributed by atoms with Crippen molar-refractivity contribution >= 4 is 11.6 Å². The van der Waals surface area contributed by atoms with Gasteiger partial charge in [-0.2, -0.15) is 0 Å². The van der Waals surface area contributed by atoms with E-state index in [9.17, 15) is 9.90 Å². The summed E-state index contributed by atoms with van der Waals surface area (Å²) in [6.45, 7) is 0. The SMILES string of the molecule is O=C1NNC(O)C2NC3=CC=CCC3N=C12. The molecular formula is C10H12N4O2. The van der Waals surface area contributed by atoms with Crippen LogP contribution in [0.4, 0.5) is 0 Å². The Balaban J connectivity index is 1.98. The van der Waals surface area contributed by atoms with Crippen LogP contribution in [-0.4, -0.2) is 35.0 Å². The molecule has 0 radical (unpaired) electrons. The second kappa shape index (κ2) is 3.43. The Morgan fingerprint density at radius 1 is 1.50 bits per heavy atom. The topological polar surface area (TPSA) is 85.8 Å². The first-order valence-corrected chi connectivity index (χ1v) is 5.20. The number of rotatable bonds is 0. The third-order valence-corrected chi connectivity index (χ3v) is 2.92. The van der Waals surface area contributed by atoms with Crippen LogP contribution < -0.4 is 16.2 Å². The Morgan fingerprint density at radius 2 is 2.38 bits per heavy atom. The number of aliphatic hydroxyl groups is 1. The van der Waals surface area contributed by atoms with Crippen molar-refractivity contribution in [2.45, 2.75) is 24.7 Å². The quantitative estimate of drug-likeness (QED) is 0.403. The number of fused-ring (bicyclic) bond motifs is 2. The van der Waals surface area contributed by atoms with Crippen LogP contribution in [0.25, 0.3) is 0 Å². The van der Waals surface area contributed by atoms with Gasteiger partial charge in [0.05, 0.1) is 6.04 Å². The molecule has 4 N–H and O–H groups in total. The Labute approximate surface area is 92.1 Å². The molecule has 3 atom stereocenters. The van der Waals surface area contributed by atoms with Gasteiger partial charge in [0.1, 0.15) is 18.0 Å². The van der Waals surface area contributed by atoms with E-state index in [2.05, 4.69) is 21.2 Å². The average molecular weight is 220 g/mol. The molecule has 0 aromatic carbocycles. The van der Waals surface area contributed by atoms with Crippen molar-refractivity contribution in [2.24, 2.45) is 4.99 Å². The fourth-order valence-electron chi connectivity index (χ4n) is 2.10. The van der Waals surface area contributed by atoms with Gasteiger partial charge in [0.15, 0.2) is 0 Å². The van der Waals surface area contributed by atoms with Crippen LogP contribution in [0.5, 0.6) is 0 Å². The second-order valence-electron chi connectivity index (χ2n) is 3.98. The van der Waals surface area contributed by atoms with Gasteiger partial charge in [-0.25, -0.2) is 5.43 Å². The van der Waals surface area contributed by atoms with Crippen LogP contribution in [0.15, 0.2) is 28.9 Å². The monoisotopic (exact) mass is 220 g/mol. The number of hydrogen-bond donors (Lipinski definition) is 4. The molecule has 1 saturated heterocycles. The normalized spacial score (nSPS) is 36.3. The number of hydrogen-bond acceptors (Lipinski definition) is 5. The van der Waals surface area contributed by atoms with Gasteiger partial charge in [0.25, 0.3) is 5.91 Å². The van der Waals surface area contributed by atoms with Crippen molar-refractivity contribution in [2.75, 3.05) is 0 Å². The number of amides is 1. The molecule has 1 fully saturated rings. The van der Waals surface area contributed by atoms with Crippen molar-refractivity contribution in [1.29, 1.82) is 0 Å². The van der Waals surface area contributed by atoms with E-state index in [1.54, 1.807) is 0 Å². The van der Waals surface area contributed by atoms with Gasteiger partial charge in [-0.1, -0.05) is 12.2 Å². The first kappa shape index (κ1) is 9.56. The first-order chi connectivity index (χ1) is 7.75. The Bertz CT molecular complexity index is 427. The van der Waals surface area contributed by atoms with Crippen molar-refractivity contribution in [3.05, 3.63) is 23.9 Å². The van der Waals surface area contributed by atoms with Crippen molar-refractivity contribution in [3.63, 3.8) is 0 Å². The van der Waals surface area contributed by atoms with Gasteiger partial charge in [-0.3, -0.25) is 15.2 Å². The number of allylic oxidation sites excluding steroid dienone is 2. The molecule has 3 aliphatic rings. The minimum absolute atomic E-state index is 0.0210. The lowest BCUT2D eigenvalue weighted by molar-refractivity contribution is -0.118. The summed E-state index contributed by atoms with van der Waals surface area (Å²) in [6.07, 6.45) is 5.81. The third-order valence-electron chi connectivity index (χ3n) is 2.92. The molecular weight excluding hydrogens is 208 g/mol. The first-order valence-electron chi connectivity index (χ1n) is 5.20. The number of nitrogens with zero attached hydrogens (tertiary/aromatic N) is 1.